The molecular weight excluding hydrogens is 308 g/mol. The van der Waals surface area contributed by atoms with E-state index in [1.807, 2.05) is 19.2 Å². The molecule has 1 N–H and O–H groups in total. The maximum atomic E-state index is 12.3. The molecule has 4 nitrogen and oxygen atoms in total. The van der Waals surface area contributed by atoms with E-state index in [0.29, 0.717) is 11.0 Å². The summed E-state index contributed by atoms with van der Waals surface area (Å²) in [6.45, 7) is 8.31. The van der Waals surface area contributed by atoms with E-state index in [1.165, 1.54) is 21.8 Å². The Morgan fingerprint density at radius 2 is 2.13 bits per heavy atom. The molecule has 0 saturated heterocycles. The van der Waals surface area contributed by atoms with Crippen LogP contribution in [0.5, 0.6) is 0 Å². The summed E-state index contributed by atoms with van der Waals surface area (Å²) in [7, 11) is 0. The molecule has 0 aliphatic heterocycles. The molecule has 0 unspecified atom stereocenters. The van der Waals surface area contributed by atoms with Crippen molar-refractivity contribution in [3.05, 3.63) is 46.2 Å². The number of amides is 1. The Hall–Kier alpha value is -2.14. The van der Waals surface area contributed by atoms with Gasteiger partial charge in [0, 0.05) is 22.0 Å². The lowest BCUT2D eigenvalue weighted by molar-refractivity contribution is -0.115. The average molecular weight is 328 g/mol. The van der Waals surface area contributed by atoms with E-state index in [1.54, 1.807) is 6.26 Å². The standard InChI is InChI=1S/C18H20N2O2S/c1-10(2)15-8-19-18(23-15)20-16(21)7-13-9-22-17-12(4)11(3)5-6-14(13)17/h5-6,8-10H,7H2,1-4H3,(H,19,20,21). The second kappa shape index (κ2) is 6.16. The number of carbonyl (C=O) groups excluding carboxylic acids is 1. The number of hydrogen-bond acceptors (Lipinski definition) is 4. The van der Waals surface area contributed by atoms with Crippen LogP contribution in [0.2, 0.25) is 0 Å². The molecule has 0 bridgehead atoms. The molecule has 0 radical (unpaired) electrons. The molecular formula is C18H20N2O2S. The first kappa shape index (κ1) is 15.7. The molecule has 1 aromatic carbocycles. The quantitative estimate of drug-likeness (QED) is 0.747. The van der Waals surface area contributed by atoms with E-state index in [0.717, 1.165) is 22.1 Å². The zero-order valence-corrected chi connectivity index (χ0v) is 14.6. The molecule has 0 aliphatic carbocycles. The van der Waals surface area contributed by atoms with Crippen molar-refractivity contribution in [1.82, 2.24) is 4.98 Å². The van der Waals surface area contributed by atoms with Crippen LogP contribution in [0, 0.1) is 13.8 Å². The maximum Gasteiger partial charge on any atom is 0.230 e. The van der Waals surface area contributed by atoms with Crippen molar-refractivity contribution in [3.63, 3.8) is 0 Å². The highest BCUT2D eigenvalue weighted by Gasteiger charge is 2.14. The Morgan fingerprint density at radius 3 is 2.83 bits per heavy atom. The average Bonchev–Trinajstić information content (AvgIpc) is 3.11. The zero-order chi connectivity index (χ0) is 16.6. The van der Waals surface area contributed by atoms with E-state index in [-0.39, 0.29) is 12.3 Å². The van der Waals surface area contributed by atoms with Crippen molar-refractivity contribution in [2.45, 2.75) is 40.0 Å². The van der Waals surface area contributed by atoms with E-state index in [2.05, 4.69) is 37.1 Å². The molecule has 0 spiro atoms. The third-order valence-corrected chi connectivity index (χ3v) is 5.25. The number of rotatable bonds is 4. The monoisotopic (exact) mass is 328 g/mol. The van der Waals surface area contributed by atoms with Crippen LogP contribution >= 0.6 is 11.3 Å². The number of nitrogens with one attached hydrogen (secondary N) is 1. The number of aryl methyl sites for hydroxylation is 2. The molecule has 3 aromatic rings. The van der Waals surface area contributed by atoms with Gasteiger partial charge in [0.25, 0.3) is 0 Å². The SMILES string of the molecule is Cc1ccc2c(CC(=O)Nc3ncc(C(C)C)s3)coc2c1C. The second-order valence-electron chi connectivity index (χ2n) is 6.09. The van der Waals surface area contributed by atoms with Crippen molar-refractivity contribution >= 4 is 33.3 Å². The summed E-state index contributed by atoms with van der Waals surface area (Å²) in [5.74, 6) is 0.345. The smallest absolute Gasteiger partial charge is 0.230 e. The molecule has 3 rings (SSSR count). The minimum Gasteiger partial charge on any atom is -0.464 e. The van der Waals surface area contributed by atoms with E-state index in [9.17, 15) is 4.79 Å². The van der Waals surface area contributed by atoms with Crippen molar-refractivity contribution in [2.24, 2.45) is 0 Å². The lowest BCUT2D eigenvalue weighted by atomic mass is 10.0. The molecule has 0 atom stereocenters. The molecule has 2 aromatic heterocycles. The van der Waals surface area contributed by atoms with Gasteiger partial charge < -0.3 is 9.73 Å². The van der Waals surface area contributed by atoms with Crippen LogP contribution in [0.3, 0.4) is 0 Å². The van der Waals surface area contributed by atoms with Gasteiger partial charge in [-0.05, 0) is 30.9 Å². The van der Waals surface area contributed by atoms with Gasteiger partial charge in [0.15, 0.2) is 5.13 Å². The van der Waals surface area contributed by atoms with Gasteiger partial charge in [0.1, 0.15) is 5.58 Å². The highest BCUT2D eigenvalue weighted by molar-refractivity contribution is 7.15. The summed E-state index contributed by atoms with van der Waals surface area (Å²) >= 11 is 1.52. The van der Waals surface area contributed by atoms with Crippen molar-refractivity contribution in [2.75, 3.05) is 5.32 Å². The predicted molar refractivity (Wildman–Crippen MR) is 94.2 cm³/mol. The number of carbonyl (C=O) groups is 1. The lowest BCUT2D eigenvalue weighted by Gasteiger charge is -2.02. The van der Waals surface area contributed by atoms with Crippen molar-refractivity contribution in [1.29, 1.82) is 0 Å². The fourth-order valence-electron chi connectivity index (χ4n) is 2.47. The molecule has 0 saturated carbocycles. The van der Waals surface area contributed by atoms with Gasteiger partial charge in [-0.3, -0.25) is 4.79 Å². The number of nitrogens with zero attached hydrogens (tertiary/aromatic N) is 1. The van der Waals surface area contributed by atoms with Crippen LogP contribution in [0.1, 0.15) is 41.3 Å². The van der Waals surface area contributed by atoms with Crippen molar-refractivity contribution in [3.8, 4) is 0 Å². The van der Waals surface area contributed by atoms with E-state index in [4.69, 9.17) is 4.42 Å². The first-order chi connectivity index (χ1) is 11.0. The van der Waals surface area contributed by atoms with Gasteiger partial charge in [-0.2, -0.15) is 0 Å². The topological polar surface area (TPSA) is 55.1 Å². The summed E-state index contributed by atoms with van der Waals surface area (Å²) in [5, 5.41) is 4.53. The number of fused-ring (bicyclic) bond motifs is 1. The first-order valence-electron chi connectivity index (χ1n) is 7.67. The Balaban J connectivity index is 1.76. The molecule has 1 amide bonds. The van der Waals surface area contributed by atoms with Gasteiger partial charge in [-0.1, -0.05) is 26.0 Å². The Morgan fingerprint density at radius 1 is 1.35 bits per heavy atom. The van der Waals surface area contributed by atoms with Crippen LogP contribution in [0.4, 0.5) is 5.13 Å². The molecule has 0 fully saturated rings. The lowest BCUT2D eigenvalue weighted by Crippen LogP contribution is -2.13. The summed E-state index contributed by atoms with van der Waals surface area (Å²) < 4.78 is 5.65. The van der Waals surface area contributed by atoms with Gasteiger partial charge in [-0.15, -0.1) is 11.3 Å². The molecule has 2 heterocycles. The summed E-state index contributed by atoms with van der Waals surface area (Å²) in [5.41, 5.74) is 4.08. The van der Waals surface area contributed by atoms with Crippen LogP contribution in [-0.2, 0) is 11.2 Å². The fourth-order valence-corrected chi connectivity index (χ4v) is 3.31. The normalized spacial score (nSPS) is 11.3. The molecule has 0 aliphatic rings. The largest absolute Gasteiger partial charge is 0.464 e. The zero-order valence-electron chi connectivity index (χ0n) is 13.8. The van der Waals surface area contributed by atoms with Crippen molar-refractivity contribution < 1.29 is 9.21 Å². The maximum absolute atomic E-state index is 12.3. The predicted octanol–water partition coefficient (Wildman–Crippen LogP) is 4.81. The van der Waals surface area contributed by atoms with Gasteiger partial charge in [0.2, 0.25) is 5.91 Å². The number of anilines is 1. The van der Waals surface area contributed by atoms with E-state index >= 15 is 0 Å². The summed E-state index contributed by atoms with van der Waals surface area (Å²) in [4.78, 5) is 17.7. The van der Waals surface area contributed by atoms with Crippen LogP contribution in [0.15, 0.2) is 29.0 Å². The molecule has 120 valence electrons. The number of aromatic nitrogens is 1. The third-order valence-electron chi connectivity index (χ3n) is 4.03. The number of hydrogen-bond donors (Lipinski definition) is 1. The fraction of sp³-hybridized carbons (Fsp3) is 0.333. The van der Waals surface area contributed by atoms with Crippen LogP contribution in [0.25, 0.3) is 11.0 Å². The van der Waals surface area contributed by atoms with E-state index < -0.39 is 0 Å². The number of thiazole rings is 1. The second-order valence-corrected chi connectivity index (χ2v) is 7.15. The number of benzene rings is 1. The molecule has 5 heteroatoms. The minimum absolute atomic E-state index is 0.0735. The summed E-state index contributed by atoms with van der Waals surface area (Å²) in [6, 6.07) is 4.08. The van der Waals surface area contributed by atoms with Gasteiger partial charge in [-0.25, -0.2) is 4.98 Å². The Labute approximate surface area is 139 Å². The number of furan rings is 1. The van der Waals surface area contributed by atoms with Crippen LogP contribution in [-0.4, -0.2) is 10.9 Å². The Kier molecular flexibility index (Phi) is 4.22. The van der Waals surface area contributed by atoms with Crippen LogP contribution < -0.4 is 5.32 Å². The van der Waals surface area contributed by atoms with Gasteiger partial charge >= 0.3 is 0 Å². The minimum atomic E-state index is -0.0735. The Bertz CT molecular complexity index is 861. The first-order valence-corrected chi connectivity index (χ1v) is 8.49. The third kappa shape index (κ3) is 3.15. The highest BCUT2D eigenvalue weighted by Crippen LogP contribution is 2.28. The highest BCUT2D eigenvalue weighted by atomic mass is 32.1. The molecule has 23 heavy (non-hydrogen) atoms. The van der Waals surface area contributed by atoms with Gasteiger partial charge in [0.05, 0.1) is 12.7 Å². The summed E-state index contributed by atoms with van der Waals surface area (Å²) in [6.07, 6.45) is 3.79.